The summed E-state index contributed by atoms with van der Waals surface area (Å²) in [5, 5.41) is 14.8. The Hall–Kier alpha value is -2.74. The van der Waals surface area contributed by atoms with Crippen LogP contribution in [0.2, 0.25) is 0 Å². The minimum Gasteiger partial charge on any atom is -0.354 e. The molecule has 2 aliphatic rings. The topological polar surface area (TPSA) is 111 Å². The molecule has 4 N–H and O–H groups in total. The molecule has 2 aliphatic heterocycles. The molecule has 1 aromatic carbocycles. The Labute approximate surface area is 195 Å². The highest BCUT2D eigenvalue weighted by atomic mass is 16.5. The van der Waals surface area contributed by atoms with Crippen LogP contribution < -0.4 is 16.1 Å². The lowest BCUT2D eigenvalue weighted by Crippen LogP contribution is -2.50. The van der Waals surface area contributed by atoms with Crippen LogP contribution in [0.4, 0.5) is 5.69 Å². The van der Waals surface area contributed by atoms with E-state index >= 15 is 0 Å². The Morgan fingerprint density at radius 2 is 1.94 bits per heavy atom. The van der Waals surface area contributed by atoms with E-state index in [1.54, 1.807) is 5.48 Å². The molecule has 0 fully saturated rings. The van der Waals surface area contributed by atoms with Crippen LogP contribution in [0.1, 0.15) is 70.3 Å². The summed E-state index contributed by atoms with van der Waals surface area (Å²) >= 11 is 0. The SMILES string of the molecule is CC(C)C[C@H](CC(=O)NO)C(=O)N[C@H]1CC2C=[N+](CCCCCCNC1=O)c1ccccc12. The van der Waals surface area contributed by atoms with Crippen LogP contribution in [0.15, 0.2) is 24.3 Å². The summed E-state index contributed by atoms with van der Waals surface area (Å²) in [4.78, 5) is 38.0. The van der Waals surface area contributed by atoms with E-state index in [1.807, 2.05) is 26.0 Å². The second kappa shape index (κ2) is 11.9. The van der Waals surface area contributed by atoms with Gasteiger partial charge in [0.05, 0.1) is 5.92 Å². The number of hydroxylamine groups is 1. The predicted molar refractivity (Wildman–Crippen MR) is 126 cm³/mol. The molecule has 3 rings (SSSR count). The number of fused-ring (bicyclic) bond motifs is 4. The number of para-hydroxylation sites is 1. The van der Waals surface area contributed by atoms with Gasteiger partial charge in [-0.05, 0) is 31.6 Å². The number of nitrogens with one attached hydrogen (secondary N) is 3. The van der Waals surface area contributed by atoms with E-state index in [0.29, 0.717) is 19.4 Å². The zero-order valence-corrected chi connectivity index (χ0v) is 19.7. The van der Waals surface area contributed by atoms with Crippen LogP contribution in [0.5, 0.6) is 0 Å². The van der Waals surface area contributed by atoms with Gasteiger partial charge in [0.1, 0.15) is 12.6 Å². The highest BCUT2D eigenvalue weighted by Crippen LogP contribution is 2.34. The van der Waals surface area contributed by atoms with Crippen molar-refractivity contribution in [2.75, 3.05) is 13.1 Å². The Bertz CT molecular complexity index is 883. The van der Waals surface area contributed by atoms with Gasteiger partial charge in [-0.1, -0.05) is 38.5 Å². The number of rotatable bonds is 6. The molecule has 0 saturated carbocycles. The van der Waals surface area contributed by atoms with Gasteiger partial charge >= 0.3 is 0 Å². The third-order valence-electron chi connectivity index (χ3n) is 6.44. The molecule has 2 bridgehead atoms. The summed E-state index contributed by atoms with van der Waals surface area (Å²) in [5.74, 6) is -1.55. The zero-order valence-electron chi connectivity index (χ0n) is 19.7. The van der Waals surface area contributed by atoms with E-state index in [-0.39, 0.29) is 30.1 Å². The fourth-order valence-corrected chi connectivity index (χ4v) is 4.82. The van der Waals surface area contributed by atoms with E-state index in [4.69, 9.17) is 5.21 Å². The maximum Gasteiger partial charge on any atom is 0.244 e. The minimum atomic E-state index is -0.709. The van der Waals surface area contributed by atoms with Crippen LogP contribution in [0.3, 0.4) is 0 Å². The molecule has 0 aromatic heterocycles. The number of nitrogens with zero attached hydrogens (tertiary/aromatic N) is 1. The van der Waals surface area contributed by atoms with Crippen LogP contribution in [-0.2, 0) is 14.4 Å². The van der Waals surface area contributed by atoms with Crippen molar-refractivity contribution >= 4 is 29.6 Å². The first-order valence-electron chi connectivity index (χ1n) is 12.1. The first-order chi connectivity index (χ1) is 15.9. The summed E-state index contributed by atoms with van der Waals surface area (Å²) in [6.45, 7) is 5.48. The Morgan fingerprint density at radius 3 is 2.70 bits per heavy atom. The molecule has 8 heteroatoms. The molecule has 8 nitrogen and oxygen atoms in total. The first-order valence-corrected chi connectivity index (χ1v) is 12.1. The monoisotopic (exact) mass is 457 g/mol. The summed E-state index contributed by atoms with van der Waals surface area (Å²) in [5.41, 5.74) is 3.95. The molecular formula is C25H37N4O4+. The van der Waals surface area contributed by atoms with Gasteiger partial charge in [0.2, 0.25) is 23.4 Å². The van der Waals surface area contributed by atoms with Crippen LogP contribution in [0.25, 0.3) is 0 Å². The third-order valence-corrected chi connectivity index (χ3v) is 6.44. The highest BCUT2D eigenvalue weighted by Gasteiger charge is 2.35. The smallest absolute Gasteiger partial charge is 0.244 e. The quantitative estimate of drug-likeness (QED) is 0.299. The van der Waals surface area contributed by atoms with Crippen LogP contribution >= 0.6 is 0 Å². The largest absolute Gasteiger partial charge is 0.354 e. The lowest BCUT2D eigenvalue weighted by atomic mass is 9.90. The molecule has 3 amide bonds. The maximum atomic E-state index is 13.2. The lowest BCUT2D eigenvalue weighted by Gasteiger charge is -2.24. The average Bonchev–Trinajstić information content (AvgIpc) is 3.14. The van der Waals surface area contributed by atoms with Crippen molar-refractivity contribution in [3.63, 3.8) is 0 Å². The fourth-order valence-electron chi connectivity index (χ4n) is 4.82. The number of hydrogen-bond acceptors (Lipinski definition) is 4. The summed E-state index contributed by atoms with van der Waals surface area (Å²) in [7, 11) is 0. The Morgan fingerprint density at radius 1 is 1.18 bits per heavy atom. The van der Waals surface area contributed by atoms with Crippen molar-refractivity contribution in [3.8, 4) is 0 Å². The van der Waals surface area contributed by atoms with Crippen molar-refractivity contribution in [1.29, 1.82) is 0 Å². The van der Waals surface area contributed by atoms with E-state index in [9.17, 15) is 14.4 Å². The number of amides is 3. The van der Waals surface area contributed by atoms with E-state index < -0.39 is 17.9 Å². The molecule has 0 spiro atoms. The van der Waals surface area contributed by atoms with Crippen LogP contribution in [-0.4, -0.2) is 52.9 Å². The van der Waals surface area contributed by atoms with Gasteiger partial charge in [-0.2, -0.15) is 0 Å². The summed E-state index contributed by atoms with van der Waals surface area (Å²) in [6, 6.07) is 7.52. The van der Waals surface area contributed by atoms with Gasteiger partial charge < -0.3 is 10.6 Å². The Balaban J connectivity index is 1.82. The zero-order chi connectivity index (χ0) is 23.8. The molecule has 180 valence electrons. The standard InChI is InChI=1S/C25H36N4O4/c1-17(2)13-18(15-23(30)28-33)24(31)27-21-14-19-16-29(22-10-6-5-9-20(19)22)12-8-4-3-7-11-26-25(21)32/h5-6,9-10,16-19,21H,3-4,7-8,11-15H2,1-2H3,(H3-,26,27,28,30,31,32,33)/p+1/t18-,19?,21+/m1/s1. The van der Waals surface area contributed by atoms with Crippen LogP contribution in [0, 0.1) is 11.8 Å². The number of hydrogen-bond donors (Lipinski definition) is 4. The number of carbonyl (C=O) groups excluding carboxylic acids is 3. The Kier molecular flexibility index (Phi) is 9.00. The minimum absolute atomic E-state index is 0.0160. The molecular weight excluding hydrogens is 420 g/mol. The maximum absolute atomic E-state index is 13.2. The van der Waals surface area contributed by atoms with Crippen molar-refractivity contribution < 1.29 is 24.2 Å². The summed E-state index contributed by atoms with van der Waals surface area (Å²) < 4.78 is 2.28. The van der Waals surface area contributed by atoms with Gasteiger partial charge in [-0.25, -0.2) is 10.1 Å². The molecule has 0 radical (unpaired) electrons. The van der Waals surface area contributed by atoms with E-state index in [0.717, 1.165) is 32.2 Å². The molecule has 0 saturated heterocycles. The molecule has 1 aromatic rings. The second-order valence-corrected chi connectivity index (χ2v) is 9.58. The number of benzene rings is 1. The van der Waals surface area contributed by atoms with Crippen molar-refractivity contribution in [2.45, 2.75) is 70.8 Å². The second-order valence-electron chi connectivity index (χ2n) is 9.58. The van der Waals surface area contributed by atoms with Crippen molar-refractivity contribution in [1.82, 2.24) is 16.1 Å². The molecule has 3 atom stereocenters. The normalized spacial score (nSPS) is 22.1. The number of carbonyl (C=O) groups is 3. The average molecular weight is 458 g/mol. The van der Waals surface area contributed by atoms with E-state index in [2.05, 4.69) is 33.6 Å². The van der Waals surface area contributed by atoms with E-state index in [1.165, 1.54) is 11.3 Å². The lowest BCUT2D eigenvalue weighted by molar-refractivity contribution is -0.433. The molecule has 1 unspecified atom stereocenters. The van der Waals surface area contributed by atoms with Gasteiger partial charge in [0, 0.05) is 36.9 Å². The fraction of sp³-hybridized carbons (Fsp3) is 0.600. The molecule has 0 aliphatic carbocycles. The molecule has 2 heterocycles. The molecule has 33 heavy (non-hydrogen) atoms. The predicted octanol–water partition coefficient (Wildman–Crippen LogP) is 2.62. The van der Waals surface area contributed by atoms with Gasteiger partial charge in [0.15, 0.2) is 6.21 Å². The van der Waals surface area contributed by atoms with Gasteiger partial charge in [0.25, 0.3) is 0 Å². The van der Waals surface area contributed by atoms with Gasteiger partial charge in [-0.3, -0.25) is 19.6 Å². The third kappa shape index (κ3) is 6.87. The first kappa shape index (κ1) is 24.9. The summed E-state index contributed by atoms with van der Waals surface area (Å²) in [6.07, 6.45) is 7.14. The highest BCUT2D eigenvalue weighted by molar-refractivity contribution is 5.91. The van der Waals surface area contributed by atoms with Crippen molar-refractivity contribution in [3.05, 3.63) is 29.8 Å². The van der Waals surface area contributed by atoms with Gasteiger partial charge in [-0.15, -0.1) is 0 Å². The van der Waals surface area contributed by atoms with Crippen molar-refractivity contribution in [2.24, 2.45) is 11.8 Å².